The summed E-state index contributed by atoms with van der Waals surface area (Å²) in [6.45, 7) is 10.1. The highest BCUT2D eigenvalue weighted by molar-refractivity contribution is 7.80. The van der Waals surface area contributed by atoms with E-state index in [0.717, 1.165) is 43.5 Å². The zero-order valence-corrected chi connectivity index (χ0v) is 13.4. The Bertz CT molecular complexity index is 397. The first kappa shape index (κ1) is 15.0. The lowest BCUT2D eigenvalue weighted by Gasteiger charge is -2.39. The quantitative estimate of drug-likeness (QED) is 0.851. The van der Waals surface area contributed by atoms with E-state index in [9.17, 15) is 0 Å². The van der Waals surface area contributed by atoms with Crippen molar-refractivity contribution in [3.63, 3.8) is 0 Å². The van der Waals surface area contributed by atoms with Crippen LogP contribution in [0, 0.1) is 5.41 Å². The first-order chi connectivity index (χ1) is 9.00. The van der Waals surface area contributed by atoms with Gasteiger partial charge in [-0.1, -0.05) is 25.4 Å². The van der Waals surface area contributed by atoms with Crippen LogP contribution in [0.5, 0.6) is 0 Å². The molecule has 0 radical (unpaired) electrons. The van der Waals surface area contributed by atoms with Gasteiger partial charge >= 0.3 is 0 Å². The van der Waals surface area contributed by atoms with E-state index in [4.69, 9.17) is 11.6 Å². The predicted octanol–water partition coefficient (Wildman–Crippen LogP) is 3.42. The van der Waals surface area contributed by atoms with E-state index in [0.29, 0.717) is 5.41 Å². The Morgan fingerprint density at radius 2 is 1.68 bits per heavy atom. The summed E-state index contributed by atoms with van der Waals surface area (Å²) in [5, 5.41) is 0.804. The van der Waals surface area contributed by atoms with Crippen LogP contribution in [0.25, 0.3) is 0 Å². The first-order valence-corrected chi connectivity index (χ1v) is 7.85. The molecule has 4 heteroatoms. The third-order valence-corrected chi connectivity index (χ3v) is 4.75. The molecule has 2 rings (SSSR count). The van der Waals surface area contributed by atoms with E-state index < -0.39 is 0 Å². The highest BCUT2D eigenvalue weighted by Gasteiger charge is 2.23. The largest absolute Gasteiger partial charge is 0.369 e. The third kappa shape index (κ3) is 4.30. The van der Waals surface area contributed by atoms with Gasteiger partial charge in [0.15, 0.2) is 0 Å². The van der Waals surface area contributed by atoms with E-state index >= 15 is 0 Å². The standard InChI is InChI=1S/C15H23ClN2S/c1-15(2,12-19)11-17-7-9-18(10-8-17)14-5-3-13(16)4-6-14/h3-6,19H,7-12H2,1-2H3. The van der Waals surface area contributed by atoms with Crippen molar-refractivity contribution < 1.29 is 0 Å². The molecule has 0 spiro atoms. The smallest absolute Gasteiger partial charge is 0.0407 e. The van der Waals surface area contributed by atoms with Crippen molar-refractivity contribution in [1.29, 1.82) is 0 Å². The average molecular weight is 299 g/mol. The van der Waals surface area contributed by atoms with Crippen molar-refractivity contribution in [2.24, 2.45) is 5.41 Å². The van der Waals surface area contributed by atoms with Gasteiger partial charge in [0, 0.05) is 43.4 Å². The Labute approximate surface area is 127 Å². The minimum absolute atomic E-state index is 0.297. The number of halogens is 1. The molecule has 19 heavy (non-hydrogen) atoms. The molecule has 0 aliphatic carbocycles. The van der Waals surface area contributed by atoms with Crippen LogP contribution in [-0.2, 0) is 0 Å². The molecule has 0 amide bonds. The Kier molecular flexibility index (Phi) is 5.04. The van der Waals surface area contributed by atoms with Gasteiger partial charge in [-0.25, -0.2) is 0 Å². The lowest BCUT2D eigenvalue weighted by atomic mass is 9.95. The summed E-state index contributed by atoms with van der Waals surface area (Å²) in [5.41, 5.74) is 1.57. The van der Waals surface area contributed by atoms with E-state index in [1.165, 1.54) is 5.69 Å². The Morgan fingerprint density at radius 1 is 1.11 bits per heavy atom. The van der Waals surface area contributed by atoms with Gasteiger partial charge in [0.1, 0.15) is 0 Å². The highest BCUT2D eigenvalue weighted by Crippen LogP contribution is 2.22. The third-order valence-electron chi connectivity index (χ3n) is 3.64. The second-order valence-corrected chi connectivity index (χ2v) is 6.81. The molecule has 106 valence electrons. The predicted molar refractivity (Wildman–Crippen MR) is 87.7 cm³/mol. The van der Waals surface area contributed by atoms with Crippen molar-refractivity contribution in [1.82, 2.24) is 4.90 Å². The lowest BCUT2D eigenvalue weighted by molar-refractivity contribution is 0.185. The summed E-state index contributed by atoms with van der Waals surface area (Å²) >= 11 is 10.4. The van der Waals surface area contributed by atoms with Crippen LogP contribution in [0.3, 0.4) is 0 Å². The minimum Gasteiger partial charge on any atom is -0.369 e. The van der Waals surface area contributed by atoms with Crippen molar-refractivity contribution in [3.8, 4) is 0 Å². The topological polar surface area (TPSA) is 6.48 Å². The molecule has 0 bridgehead atoms. The molecular formula is C15H23ClN2S. The SMILES string of the molecule is CC(C)(CS)CN1CCN(c2ccc(Cl)cc2)CC1. The van der Waals surface area contributed by atoms with Gasteiger partial charge in [0.25, 0.3) is 0 Å². The van der Waals surface area contributed by atoms with Gasteiger partial charge in [0.2, 0.25) is 0 Å². The summed E-state index contributed by atoms with van der Waals surface area (Å²) in [6, 6.07) is 8.14. The van der Waals surface area contributed by atoms with Crippen molar-refractivity contribution in [2.75, 3.05) is 43.4 Å². The van der Waals surface area contributed by atoms with Gasteiger partial charge in [-0.3, -0.25) is 4.90 Å². The number of anilines is 1. The molecule has 0 saturated carbocycles. The van der Waals surface area contributed by atoms with Crippen LogP contribution in [0.15, 0.2) is 24.3 Å². The van der Waals surface area contributed by atoms with Crippen LogP contribution in [-0.4, -0.2) is 43.4 Å². The maximum atomic E-state index is 5.93. The highest BCUT2D eigenvalue weighted by atomic mass is 35.5. The average Bonchev–Trinajstić information content (AvgIpc) is 2.40. The first-order valence-electron chi connectivity index (χ1n) is 6.84. The second-order valence-electron chi connectivity index (χ2n) is 6.06. The molecule has 1 heterocycles. The molecular weight excluding hydrogens is 276 g/mol. The fourth-order valence-corrected chi connectivity index (χ4v) is 2.70. The van der Waals surface area contributed by atoms with Crippen LogP contribution in [0.4, 0.5) is 5.69 Å². The van der Waals surface area contributed by atoms with E-state index in [-0.39, 0.29) is 0 Å². The van der Waals surface area contributed by atoms with E-state index in [1.54, 1.807) is 0 Å². The fraction of sp³-hybridized carbons (Fsp3) is 0.600. The number of thiol groups is 1. The van der Waals surface area contributed by atoms with Gasteiger partial charge in [-0.05, 0) is 35.4 Å². The van der Waals surface area contributed by atoms with Crippen LogP contribution in [0.1, 0.15) is 13.8 Å². The van der Waals surface area contributed by atoms with E-state index in [1.807, 2.05) is 12.1 Å². The molecule has 1 aromatic rings. The van der Waals surface area contributed by atoms with Gasteiger partial charge in [0.05, 0.1) is 0 Å². The molecule has 1 saturated heterocycles. The van der Waals surface area contributed by atoms with Crippen molar-refractivity contribution in [2.45, 2.75) is 13.8 Å². The Morgan fingerprint density at radius 3 is 2.21 bits per heavy atom. The summed E-state index contributed by atoms with van der Waals surface area (Å²) in [7, 11) is 0. The van der Waals surface area contributed by atoms with Gasteiger partial charge in [-0.15, -0.1) is 0 Å². The molecule has 1 aromatic carbocycles. The normalized spacial score (nSPS) is 17.8. The minimum atomic E-state index is 0.297. The van der Waals surface area contributed by atoms with Gasteiger partial charge < -0.3 is 4.90 Å². The molecule has 1 aliphatic heterocycles. The summed E-state index contributed by atoms with van der Waals surface area (Å²) in [4.78, 5) is 4.98. The number of nitrogens with zero attached hydrogens (tertiary/aromatic N) is 2. The summed E-state index contributed by atoms with van der Waals surface area (Å²) in [5.74, 6) is 0.935. The molecule has 0 unspecified atom stereocenters. The van der Waals surface area contributed by atoms with Crippen molar-refractivity contribution >= 4 is 29.9 Å². The van der Waals surface area contributed by atoms with Crippen molar-refractivity contribution in [3.05, 3.63) is 29.3 Å². The Balaban J connectivity index is 1.87. The molecule has 1 fully saturated rings. The monoisotopic (exact) mass is 298 g/mol. The molecule has 0 aromatic heterocycles. The summed E-state index contributed by atoms with van der Waals surface area (Å²) in [6.07, 6.45) is 0. The molecule has 2 nitrogen and oxygen atoms in total. The van der Waals surface area contributed by atoms with Crippen LogP contribution < -0.4 is 4.90 Å². The number of hydrogen-bond acceptors (Lipinski definition) is 3. The summed E-state index contributed by atoms with van der Waals surface area (Å²) < 4.78 is 0. The zero-order valence-electron chi connectivity index (χ0n) is 11.8. The maximum Gasteiger partial charge on any atom is 0.0407 e. The number of benzene rings is 1. The maximum absolute atomic E-state index is 5.93. The Hall–Kier alpha value is -0.380. The van der Waals surface area contributed by atoms with Crippen LogP contribution in [0.2, 0.25) is 5.02 Å². The molecule has 1 aliphatic rings. The number of hydrogen-bond donors (Lipinski definition) is 1. The second kappa shape index (κ2) is 6.38. The van der Waals surface area contributed by atoms with Crippen LogP contribution >= 0.6 is 24.2 Å². The number of piperazine rings is 1. The lowest BCUT2D eigenvalue weighted by Crippen LogP contribution is -2.49. The zero-order chi connectivity index (χ0) is 13.9. The van der Waals surface area contributed by atoms with E-state index in [2.05, 4.69) is 48.4 Å². The van der Waals surface area contributed by atoms with Gasteiger partial charge in [-0.2, -0.15) is 12.6 Å². The molecule has 0 atom stereocenters. The molecule has 0 N–H and O–H groups in total. The fourth-order valence-electron chi connectivity index (χ4n) is 2.47. The number of rotatable bonds is 4.